The summed E-state index contributed by atoms with van der Waals surface area (Å²) in [5, 5.41) is 7.36. The molecule has 0 aliphatic heterocycles. The molecule has 0 aliphatic rings. The van der Waals surface area contributed by atoms with Crippen molar-refractivity contribution in [3.8, 4) is 0 Å². The molecule has 0 bridgehead atoms. The Morgan fingerprint density at radius 2 is 1.61 bits per heavy atom. The predicted molar refractivity (Wildman–Crippen MR) is 111 cm³/mol. The molecular formula is C19H28N4O4S. The zero-order valence-corrected chi connectivity index (χ0v) is 18.5. The summed E-state index contributed by atoms with van der Waals surface area (Å²) in [6.07, 6.45) is -0.723. The quantitative estimate of drug-likeness (QED) is 0.311. The molecule has 154 valence electrons. The van der Waals surface area contributed by atoms with E-state index in [4.69, 9.17) is 4.84 Å². The molecule has 0 N–H and O–H groups in total. The van der Waals surface area contributed by atoms with Crippen molar-refractivity contribution in [2.24, 2.45) is 10.3 Å². The third-order valence-corrected chi connectivity index (χ3v) is 4.52. The first-order valence-electron chi connectivity index (χ1n) is 8.58. The molecule has 0 aliphatic carbocycles. The molecule has 0 aromatic heterocycles. The van der Waals surface area contributed by atoms with Crippen LogP contribution >= 0.6 is 11.9 Å². The largest absolute Gasteiger partial charge is 0.446 e. The Morgan fingerprint density at radius 3 is 2.07 bits per heavy atom. The van der Waals surface area contributed by atoms with Gasteiger partial charge in [-0.1, -0.05) is 43.2 Å². The van der Waals surface area contributed by atoms with E-state index < -0.39 is 12.0 Å². The second-order valence-corrected chi connectivity index (χ2v) is 8.42. The van der Waals surface area contributed by atoms with E-state index in [2.05, 4.69) is 35.9 Å². The van der Waals surface area contributed by atoms with Crippen molar-refractivity contribution < 1.29 is 19.3 Å². The van der Waals surface area contributed by atoms with Crippen molar-refractivity contribution >= 4 is 35.4 Å². The molecule has 1 rings (SSSR count). The van der Waals surface area contributed by atoms with Crippen LogP contribution in [0, 0.1) is 0 Å². The van der Waals surface area contributed by atoms with E-state index in [1.165, 1.54) is 40.8 Å². The fourth-order valence-corrected chi connectivity index (χ4v) is 2.69. The van der Waals surface area contributed by atoms with Gasteiger partial charge < -0.3 is 9.74 Å². The summed E-state index contributed by atoms with van der Waals surface area (Å²) in [5.41, 5.74) is 1.33. The second-order valence-electron chi connectivity index (χ2n) is 7.22. The van der Waals surface area contributed by atoms with Crippen LogP contribution in [0.4, 0.5) is 4.79 Å². The molecular weight excluding hydrogens is 380 g/mol. The molecule has 0 radical (unpaired) electrons. The number of carbonyl (C=O) groups is 2. The smallest absolute Gasteiger partial charge is 0.399 e. The van der Waals surface area contributed by atoms with Gasteiger partial charge in [-0.3, -0.25) is 9.63 Å². The van der Waals surface area contributed by atoms with E-state index in [1.54, 1.807) is 21.1 Å². The van der Waals surface area contributed by atoms with E-state index in [0.717, 1.165) is 4.90 Å². The standard InChI is InChI=1S/C19H28N4O4S/c1-13(20-26-8)16(17(24)22(5)6)21-27-18(25)23(7)28-15-11-9-14(10-12-15)19(2,3)4/h9-12H,1-8H3. The minimum absolute atomic E-state index is 0.0553. The number of carbonyl (C=O) groups excluding carboxylic acids is 2. The molecule has 0 heterocycles. The van der Waals surface area contributed by atoms with Gasteiger partial charge in [0.2, 0.25) is 0 Å². The number of benzene rings is 1. The molecule has 0 saturated heterocycles. The minimum atomic E-state index is -0.723. The van der Waals surface area contributed by atoms with E-state index >= 15 is 0 Å². The number of hydrogen-bond donors (Lipinski definition) is 0. The van der Waals surface area contributed by atoms with Crippen LogP contribution in [0.25, 0.3) is 0 Å². The van der Waals surface area contributed by atoms with Gasteiger partial charge in [-0.15, -0.1) is 0 Å². The lowest BCUT2D eigenvalue weighted by Crippen LogP contribution is -2.35. The van der Waals surface area contributed by atoms with Gasteiger partial charge in [-0.25, -0.2) is 9.10 Å². The first-order chi connectivity index (χ1) is 13.0. The van der Waals surface area contributed by atoms with Gasteiger partial charge in [-0.2, -0.15) is 0 Å². The maximum atomic E-state index is 12.2. The molecule has 8 nitrogen and oxygen atoms in total. The van der Waals surface area contributed by atoms with Crippen LogP contribution in [0.5, 0.6) is 0 Å². The normalized spacial score (nSPS) is 12.4. The fraction of sp³-hybridized carbons (Fsp3) is 0.474. The third-order valence-electron chi connectivity index (χ3n) is 3.61. The molecule has 0 unspecified atom stereocenters. The van der Waals surface area contributed by atoms with Gasteiger partial charge in [0.15, 0.2) is 5.71 Å². The van der Waals surface area contributed by atoms with Crippen molar-refractivity contribution in [1.82, 2.24) is 9.21 Å². The Morgan fingerprint density at radius 1 is 1.04 bits per heavy atom. The lowest BCUT2D eigenvalue weighted by Gasteiger charge is -2.19. The number of nitrogens with zero attached hydrogens (tertiary/aromatic N) is 4. The van der Waals surface area contributed by atoms with Crippen LogP contribution in [0.2, 0.25) is 0 Å². The first kappa shape index (κ1) is 23.5. The molecule has 1 aromatic carbocycles. The molecule has 28 heavy (non-hydrogen) atoms. The third kappa shape index (κ3) is 6.88. The van der Waals surface area contributed by atoms with Crippen LogP contribution in [0.1, 0.15) is 33.3 Å². The Bertz CT molecular complexity index is 752. The summed E-state index contributed by atoms with van der Waals surface area (Å²) in [6, 6.07) is 7.93. The highest BCUT2D eigenvalue weighted by Crippen LogP contribution is 2.27. The summed E-state index contributed by atoms with van der Waals surface area (Å²) >= 11 is 1.20. The summed E-state index contributed by atoms with van der Waals surface area (Å²) in [6.45, 7) is 7.95. The molecule has 0 fully saturated rings. The summed E-state index contributed by atoms with van der Waals surface area (Å²) in [4.78, 5) is 36.2. The molecule has 1 aromatic rings. The summed E-state index contributed by atoms with van der Waals surface area (Å²) in [7, 11) is 6.03. The van der Waals surface area contributed by atoms with Gasteiger partial charge in [0.25, 0.3) is 5.91 Å². The van der Waals surface area contributed by atoms with Gasteiger partial charge in [0.05, 0.1) is 0 Å². The van der Waals surface area contributed by atoms with Gasteiger partial charge in [-0.05, 0) is 42.0 Å². The van der Waals surface area contributed by atoms with E-state index in [1.807, 2.05) is 24.3 Å². The number of oxime groups is 2. The maximum Gasteiger partial charge on any atom is 0.446 e. The molecule has 0 spiro atoms. The zero-order valence-electron chi connectivity index (χ0n) is 17.6. The monoisotopic (exact) mass is 408 g/mol. The van der Waals surface area contributed by atoms with Gasteiger partial charge in [0.1, 0.15) is 12.8 Å². The lowest BCUT2D eigenvalue weighted by molar-refractivity contribution is -0.121. The number of rotatable bonds is 6. The van der Waals surface area contributed by atoms with Crippen LogP contribution < -0.4 is 0 Å². The van der Waals surface area contributed by atoms with Crippen molar-refractivity contribution in [3.63, 3.8) is 0 Å². The van der Waals surface area contributed by atoms with Crippen molar-refractivity contribution in [3.05, 3.63) is 29.8 Å². The zero-order chi connectivity index (χ0) is 21.5. The van der Waals surface area contributed by atoms with Crippen LogP contribution in [0.15, 0.2) is 39.5 Å². The average Bonchev–Trinajstić information content (AvgIpc) is 2.61. The lowest BCUT2D eigenvalue weighted by atomic mass is 9.87. The highest BCUT2D eigenvalue weighted by molar-refractivity contribution is 7.97. The molecule has 2 amide bonds. The summed E-state index contributed by atoms with van der Waals surface area (Å²) < 4.78 is 1.29. The van der Waals surface area contributed by atoms with E-state index in [0.29, 0.717) is 0 Å². The average molecular weight is 409 g/mol. The number of amides is 2. The first-order valence-corrected chi connectivity index (χ1v) is 9.35. The van der Waals surface area contributed by atoms with Crippen molar-refractivity contribution in [2.45, 2.75) is 38.0 Å². The molecule has 0 saturated carbocycles. The minimum Gasteiger partial charge on any atom is -0.399 e. The van der Waals surface area contributed by atoms with Crippen LogP contribution in [-0.2, 0) is 19.9 Å². The molecule has 9 heteroatoms. The van der Waals surface area contributed by atoms with Gasteiger partial charge in [0, 0.05) is 26.0 Å². The van der Waals surface area contributed by atoms with Gasteiger partial charge >= 0.3 is 6.09 Å². The highest BCUT2D eigenvalue weighted by atomic mass is 32.2. The van der Waals surface area contributed by atoms with Crippen molar-refractivity contribution in [2.75, 3.05) is 28.3 Å². The predicted octanol–water partition coefficient (Wildman–Crippen LogP) is 3.53. The Hall–Kier alpha value is -2.55. The Kier molecular flexibility index (Phi) is 8.49. The van der Waals surface area contributed by atoms with Crippen LogP contribution in [0.3, 0.4) is 0 Å². The molecule has 0 atom stereocenters. The Labute approximate surface area is 170 Å². The van der Waals surface area contributed by atoms with Crippen molar-refractivity contribution in [1.29, 1.82) is 0 Å². The van der Waals surface area contributed by atoms with E-state index in [-0.39, 0.29) is 16.8 Å². The van der Waals surface area contributed by atoms with Crippen LogP contribution in [-0.4, -0.2) is 60.9 Å². The SMILES string of the molecule is CON=C(C)C(=NOC(=O)N(C)Sc1ccc(C(C)(C)C)cc1)C(=O)N(C)C. The second kappa shape index (κ2) is 10.1. The highest BCUT2D eigenvalue weighted by Gasteiger charge is 2.21. The van der Waals surface area contributed by atoms with E-state index in [9.17, 15) is 9.59 Å². The topological polar surface area (TPSA) is 83.8 Å². The summed E-state index contributed by atoms with van der Waals surface area (Å²) in [5.74, 6) is -0.459. The maximum absolute atomic E-state index is 12.2. The Balaban J connectivity index is 2.85. The number of hydrogen-bond acceptors (Lipinski definition) is 7. The fourth-order valence-electron chi connectivity index (χ4n) is 2.01.